The van der Waals surface area contributed by atoms with Crippen molar-refractivity contribution in [1.29, 1.82) is 0 Å². The standard InChI is InChI=1S/C17H22N6.HI/c1-18-17(19-12-16-21-20-13-22(16)2)23-10-8-15(9-11-23)14-6-4-3-5-7-14;/h3-8,13H,9-12H2,1-2H3,(H,18,19);1H. The average Bonchev–Trinajstić information content (AvgIpc) is 3.02. The van der Waals surface area contributed by atoms with Gasteiger partial charge >= 0.3 is 0 Å². The molecule has 7 heteroatoms. The van der Waals surface area contributed by atoms with E-state index in [4.69, 9.17) is 0 Å². The molecule has 0 spiro atoms. The van der Waals surface area contributed by atoms with Crippen LogP contribution in [0.4, 0.5) is 0 Å². The number of nitrogens with one attached hydrogen (secondary N) is 1. The monoisotopic (exact) mass is 438 g/mol. The lowest BCUT2D eigenvalue weighted by Crippen LogP contribution is -2.43. The summed E-state index contributed by atoms with van der Waals surface area (Å²) in [6.45, 7) is 2.44. The minimum absolute atomic E-state index is 0. The number of hydrogen-bond acceptors (Lipinski definition) is 3. The Morgan fingerprint density at radius 3 is 2.67 bits per heavy atom. The Hall–Kier alpha value is -1.90. The third-order valence-corrected chi connectivity index (χ3v) is 4.07. The van der Waals surface area contributed by atoms with Gasteiger partial charge < -0.3 is 14.8 Å². The first-order valence-corrected chi connectivity index (χ1v) is 7.81. The van der Waals surface area contributed by atoms with Crippen molar-refractivity contribution in [3.63, 3.8) is 0 Å². The summed E-state index contributed by atoms with van der Waals surface area (Å²) in [5.41, 5.74) is 2.72. The molecule has 24 heavy (non-hydrogen) atoms. The summed E-state index contributed by atoms with van der Waals surface area (Å²) in [5, 5.41) is 11.3. The minimum atomic E-state index is 0. The Labute approximate surface area is 159 Å². The summed E-state index contributed by atoms with van der Waals surface area (Å²) in [7, 11) is 3.75. The number of benzene rings is 1. The first-order valence-electron chi connectivity index (χ1n) is 7.81. The summed E-state index contributed by atoms with van der Waals surface area (Å²) in [4.78, 5) is 6.64. The first kappa shape index (κ1) is 18.4. The fourth-order valence-electron chi connectivity index (χ4n) is 2.73. The van der Waals surface area contributed by atoms with Crippen LogP contribution in [0.3, 0.4) is 0 Å². The second kappa shape index (κ2) is 8.81. The highest BCUT2D eigenvalue weighted by Crippen LogP contribution is 2.21. The van der Waals surface area contributed by atoms with Gasteiger partial charge in [0.1, 0.15) is 6.33 Å². The zero-order valence-electron chi connectivity index (χ0n) is 14.0. The van der Waals surface area contributed by atoms with Crippen molar-refractivity contribution < 1.29 is 0 Å². The van der Waals surface area contributed by atoms with Crippen molar-refractivity contribution in [2.75, 3.05) is 20.1 Å². The Morgan fingerprint density at radius 1 is 1.29 bits per heavy atom. The smallest absolute Gasteiger partial charge is 0.194 e. The molecule has 0 unspecified atom stereocenters. The maximum absolute atomic E-state index is 4.38. The molecule has 1 aliphatic heterocycles. The van der Waals surface area contributed by atoms with Gasteiger partial charge in [-0.15, -0.1) is 34.2 Å². The summed E-state index contributed by atoms with van der Waals surface area (Å²) >= 11 is 0. The quantitative estimate of drug-likeness (QED) is 0.454. The molecule has 0 bridgehead atoms. The van der Waals surface area contributed by atoms with Gasteiger partial charge in [0.25, 0.3) is 0 Å². The van der Waals surface area contributed by atoms with Crippen molar-refractivity contribution in [2.24, 2.45) is 12.0 Å². The second-order valence-electron chi connectivity index (χ2n) is 5.55. The van der Waals surface area contributed by atoms with E-state index in [-0.39, 0.29) is 24.0 Å². The highest BCUT2D eigenvalue weighted by atomic mass is 127. The third-order valence-electron chi connectivity index (χ3n) is 4.07. The number of nitrogens with zero attached hydrogens (tertiary/aromatic N) is 5. The van der Waals surface area contributed by atoms with Gasteiger partial charge in [-0.3, -0.25) is 4.99 Å². The molecular weight excluding hydrogens is 415 g/mol. The predicted molar refractivity (Wildman–Crippen MR) is 107 cm³/mol. The van der Waals surface area contributed by atoms with Gasteiger partial charge in [-0.05, 0) is 17.6 Å². The molecule has 0 saturated carbocycles. The zero-order chi connectivity index (χ0) is 16.1. The fraction of sp³-hybridized carbons (Fsp3) is 0.353. The number of aromatic nitrogens is 3. The normalized spacial score (nSPS) is 14.8. The van der Waals surface area contributed by atoms with E-state index in [2.05, 4.69) is 61.8 Å². The lowest BCUT2D eigenvalue weighted by Gasteiger charge is -2.29. The van der Waals surface area contributed by atoms with Crippen LogP contribution >= 0.6 is 24.0 Å². The van der Waals surface area contributed by atoms with Crippen LogP contribution in [0, 0.1) is 0 Å². The lowest BCUT2D eigenvalue weighted by atomic mass is 10.00. The van der Waals surface area contributed by atoms with Gasteiger partial charge in [-0.25, -0.2) is 0 Å². The number of rotatable bonds is 3. The maximum atomic E-state index is 4.38. The maximum Gasteiger partial charge on any atom is 0.194 e. The third kappa shape index (κ3) is 4.34. The van der Waals surface area contributed by atoms with E-state index in [1.807, 2.05) is 18.7 Å². The van der Waals surface area contributed by atoms with Crippen LogP contribution in [0.15, 0.2) is 47.7 Å². The van der Waals surface area contributed by atoms with Gasteiger partial charge in [0.15, 0.2) is 11.8 Å². The fourth-order valence-corrected chi connectivity index (χ4v) is 2.73. The molecule has 0 atom stereocenters. The van der Waals surface area contributed by atoms with E-state index in [1.54, 1.807) is 6.33 Å². The topological polar surface area (TPSA) is 58.3 Å². The molecule has 2 heterocycles. The number of halogens is 1. The van der Waals surface area contributed by atoms with E-state index in [1.165, 1.54) is 11.1 Å². The van der Waals surface area contributed by atoms with Crippen LogP contribution in [-0.4, -0.2) is 45.8 Å². The summed E-state index contributed by atoms with van der Waals surface area (Å²) in [6, 6.07) is 10.6. The number of aliphatic imine (C=N–C) groups is 1. The average molecular weight is 438 g/mol. The minimum Gasteiger partial charge on any atom is -0.349 e. The summed E-state index contributed by atoms with van der Waals surface area (Å²) in [5.74, 6) is 1.79. The number of hydrogen-bond donors (Lipinski definition) is 1. The highest BCUT2D eigenvalue weighted by Gasteiger charge is 2.16. The summed E-state index contributed by atoms with van der Waals surface area (Å²) < 4.78 is 1.91. The largest absolute Gasteiger partial charge is 0.349 e. The molecule has 2 aromatic rings. The molecule has 1 aromatic heterocycles. The molecule has 6 nitrogen and oxygen atoms in total. The Kier molecular flexibility index (Phi) is 6.77. The second-order valence-corrected chi connectivity index (χ2v) is 5.55. The molecule has 0 fully saturated rings. The van der Waals surface area contributed by atoms with Crippen LogP contribution in [0.2, 0.25) is 0 Å². The van der Waals surface area contributed by atoms with Crippen molar-refractivity contribution in [3.8, 4) is 0 Å². The molecule has 1 aromatic carbocycles. The number of aryl methyl sites for hydroxylation is 1. The molecule has 1 N–H and O–H groups in total. The van der Waals surface area contributed by atoms with E-state index < -0.39 is 0 Å². The highest BCUT2D eigenvalue weighted by molar-refractivity contribution is 14.0. The Bertz CT molecular complexity index is 707. The van der Waals surface area contributed by atoms with Gasteiger partial charge in [0, 0.05) is 27.2 Å². The van der Waals surface area contributed by atoms with Crippen molar-refractivity contribution in [1.82, 2.24) is 25.0 Å². The Morgan fingerprint density at radius 2 is 2.08 bits per heavy atom. The SMILES string of the molecule is CN=C(NCc1nncn1C)N1CC=C(c2ccccc2)CC1.I. The van der Waals surface area contributed by atoms with Gasteiger partial charge in [-0.2, -0.15) is 0 Å². The van der Waals surface area contributed by atoms with Crippen molar-refractivity contribution in [2.45, 2.75) is 13.0 Å². The molecule has 0 amide bonds. The molecule has 0 radical (unpaired) electrons. The number of guanidine groups is 1. The Balaban J connectivity index is 0.00000208. The van der Waals surface area contributed by atoms with Crippen LogP contribution in [0.5, 0.6) is 0 Å². The van der Waals surface area contributed by atoms with Gasteiger partial charge in [0.05, 0.1) is 6.54 Å². The molecular formula is C17H23IN6. The molecule has 3 rings (SSSR count). The van der Waals surface area contributed by atoms with Crippen LogP contribution < -0.4 is 5.32 Å². The van der Waals surface area contributed by atoms with Gasteiger partial charge in [0.2, 0.25) is 0 Å². The van der Waals surface area contributed by atoms with Crippen LogP contribution in [0.25, 0.3) is 5.57 Å². The lowest BCUT2D eigenvalue weighted by molar-refractivity contribution is 0.438. The first-order chi connectivity index (χ1) is 11.3. The molecule has 128 valence electrons. The van der Waals surface area contributed by atoms with Crippen molar-refractivity contribution in [3.05, 3.63) is 54.1 Å². The molecule has 0 aliphatic carbocycles. The van der Waals surface area contributed by atoms with Crippen molar-refractivity contribution >= 4 is 35.5 Å². The van der Waals surface area contributed by atoms with E-state index >= 15 is 0 Å². The van der Waals surface area contributed by atoms with E-state index in [0.717, 1.165) is 31.3 Å². The molecule has 0 saturated heterocycles. The van der Waals surface area contributed by atoms with Crippen LogP contribution in [-0.2, 0) is 13.6 Å². The van der Waals surface area contributed by atoms with Gasteiger partial charge in [-0.1, -0.05) is 36.4 Å². The molecule has 1 aliphatic rings. The van der Waals surface area contributed by atoms with Crippen LogP contribution in [0.1, 0.15) is 17.8 Å². The predicted octanol–water partition coefficient (Wildman–Crippen LogP) is 2.30. The zero-order valence-corrected chi connectivity index (χ0v) is 16.3. The van der Waals surface area contributed by atoms with E-state index in [0.29, 0.717) is 6.54 Å². The van der Waals surface area contributed by atoms with E-state index in [9.17, 15) is 0 Å². The summed E-state index contributed by atoms with van der Waals surface area (Å²) in [6.07, 6.45) is 5.01.